The number of aryl methyl sites for hydroxylation is 1. The minimum Gasteiger partial charge on any atom is -0.303 e. The number of hydrazone groups is 1. The van der Waals surface area contributed by atoms with Crippen LogP contribution in [-0.4, -0.2) is 24.8 Å². The second-order valence-electron chi connectivity index (χ2n) is 3.67. The molecule has 0 aliphatic carbocycles. The quantitative estimate of drug-likeness (QED) is 0.526. The molecule has 0 amide bonds. The van der Waals surface area contributed by atoms with Crippen LogP contribution in [0.25, 0.3) is 0 Å². The average molecular weight is 190 g/mol. The van der Waals surface area contributed by atoms with Crippen molar-refractivity contribution in [2.75, 3.05) is 14.1 Å². The molecule has 0 unspecified atom stereocenters. The molecular weight excluding hydrogens is 172 g/mol. The molecule has 0 heterocycles. The highest BCUT2D eigenvalue weighted by Gasteiger charge is 1.95. The van der Waals surface area contributed by atoms with Gasteiger partial charge in [-0.3, -0.25) is 0 Å². The van der Waals surface area contributed by atoms with E-state index >= 15 is 0 Å². The molecule has 0 bridgehead atoms. The molecule has 0 fully saturated rings. The van der Waals surface area contributed by atoms with Crippen LogP contribution in [0.1, 0.15) is 18.9 Å². The monoisotopic (exact) mass is 190 g/mol. The van der Waals surface area contributed by atoms with E-state index in [2.05, 4.69) is 36.3 Å². The van der Waals surface area contributed by atoms with Gasteiger partial charge in [-0.2, -0.15) is 5.10 Å². The predicted molar refractivity (Wildman–Crippen MR) is 61.6 cm³/mol. The van der Waals surface area contributed by atoms with Crippen molar-refractivity contribution in [3.05, 3.63) is 35.9 Å². The van der Waals surface area contributed by atoms with E-state index in [9.17, 15) is 0 Å². The molecule has 0 saturated carbocycles. The Hall–Kier alpha value is -1.31. The van der Waals surface area contributed by atoms with E-state index in [4.69, 9.17) is 0 Å². The van der Waals surface area contributed by atoms with Crippen LogP contribution < -0.4 is 0 Å². The second kappa shape index (κ2) is 5.43. The van der Waals surface area contributed by atoms with Gasteiger partial charge in [-0.1, -0.05) is 30.3 Å². The summed E-state index contributed by atoms with van der Waals surface area (Å²) in [5.74, 6) is 0. The van der Waals surface area contributed by atoms with Crippen LogP contribution in [0.3, 0.4) is 0 Å². The molecule has 76 valence electrons. The summed E-state index contributed by atoms with van der Waals surface area (Å²) in [5.41, 5.74) is 2.56. The molecule has 1 rings (SSSR count). The lowest BCUT2D eigenvalue weighted by molar-refractivity contribution is 0.436. The summed E-state index contributed by atoms with van der Waals surface area (Å²) in [6.45, 7) is 2.07. The average Bonchev–Trinajstić information content (AvgIpc) is 2.15. The van der Waals surface area contributed by atoms with Crippen molar-refractivity contribution >= 4 is 5.71 Å². The lowest BCUT2D eigenvalue weighted by Gasteiger charge is -2.07. The molecule has 1 aromatic rings. The van der Waals surface area contributed by atoms with Crippen LogP contribution in [-0.2, 0) is 6.42 Å². The van der Waals surface area contributed by atoms with Gasteiger partial charge in [0.15, 0.2) is 0 Å². The minimum absolute atomic E-state index is 1.03. The first-order valence-electron chi connectivity index (χ1n) is 4.94. The van der Waals surface area contributed by atoms with Crippen LogP contribution in [0, 0.1) is 0 Å². The normalized spacial score (nSPS) is 11.5. The van der Waals surface area contributed by atoms with Crippen LogP contribution >= 0.6 is 0 Å². The van der Waals surface area contributed by atoms with Crippen molar-refractivity contribution in [1.82, 2.24) is 5.01 Å². The van der Waals surface area contributed by atoms with Gasteiger partial charge in [0.1, 0.15) is 0 Å². The molecule has 1 aromatic carbocycles. The van der Waals surface area contributed by atoms with Gasteiger partial charge in [0.25, 0.3) is 0 Å². The predicted octanol–water partition coefficient (Wildman–Crippen LogP) is 2.56. The summed E-state index contributed by atoms with van der Waals surface area (Å²) in [7, 11) is 3.90. The molecule has 0 spiro atoms. The Kier molecular flexibility index (Phi) is 4.17. The number of rotatable bonds is 4. The van der Waals surface area contributed by atoms with E-state index in [1.807, 2.05) is 25.2 Å². The summed E-state index contributed by atoms with van der Waals surface area (Å²) in [6.07, 6.45) is 2.10. The summed E-state index contributed by atoms with van der Waals surface area (Å²) in [4.78, 5) is 0. The SMILES string of the molecule is C/C(CCc1ccccc1)=N\N(C)C. The van der Waals surface area contributed by atoms with Gasteiger partial charge in [-0.25, -0.2) is 0 Å². The number of hydrogen-bond acceptors (Lipinski definition) is 2. The minimum atomic E-state index is 1.03. The summed E-state index contributed by atoms with van der Waals surface area (Å²) < 4.78 is 0. The smallest absolute Gasteiger partial charge is 0.0353 e. The Morgan fingerprint density at radius 2 is 1.86 bits per heavy atom. The molecule has 0 aliphatic rings. The molecular formula is C12H18N2. The van der Waals surface area contributed by atoms with Crippen molar-refractivity contribution < 1.29 is 0 Å². The Bertz CT molecular complexity index is 288. The Labute approximate surface area is 86.2 Å². The highest BCUT2D eigenvalue weighted by Crippen LogP contribution is 2.03. The summed E-state index contributed by atoms with van der Waals surface area (Å²) >= 11 is 0. The van der Waals surface area contributed by atoms with Crippen molar-refractivity contribution in [3.63, 3.8) is 0 Å². The molecule has 14 heavy (non-hydrogen) atoms. The van der Waals surface area contributed by atoms with Gasteiger partial charge in [0.2, 0.25) is 0 Å². The zero-order valence-electron chi connectivity index (χ0n) is 9.20. The number of benzene rings is 1. The van der Waals surface area contributed by atoms with Crippen LogP contribution in [0.15, 0.2) is 35.4 Å². The standard InChI is InChI=1S/C12H18N2/c1-11(13-14(2)3)9-10-12-7-5-4-6-8-12/h4-8H,9-10H2,1-3H3/b13-11+. The first kappa shape index (κ1) is 10.8. The van der Waals surface area contributed by atoms with E-state index in [1.165, 1.54) is 11.3 Å². The highest BCUT2D eigenvalue weighted by molar-refractivity contribution is 5.81. The molecule has 0 saturated heterocycles. The zero-order valence-corrected chi connectivity index (χ0v) is 9.20. The van der Waals surface area contributed by atoms with Crippen molar-refractivity contribution in [2.45, 2.75) is 19.8 Å². The maximum Gasteiger partial charge on any atom is 0.0353 e. The second-order valence-corrected chi connectivity index (χ2v) is 3.67. The molecule has 2 heteroatoms. The summed E-state index contributed by atoms with van der Waals surface area (Å²) in [5, 5.41) is 6.19. The van der Waals surface area contributed by atoms with Gasteiger partial charge >= 0.3 is 0 Å². The first-order valence-corrected chi connectivity index (χ1v) is 4.94. The highest BCUT2D eigenvalue weighted by atomic mass is 15.4. The van der Waals surface area contributed by atoms with Gasteiger partial charge in [-0.15, -0.1) is 0 Å². The first-order chi connectivity index (χ1) is 6.68. The third-order valence-electron chi connectivity index (χ3n) is 1.99. The van der Waals surface area contributed by atoms with Gasteiger partial charge in [0, 0.05) is 19.8 Å². The largest absolute Gasteiger partial charge is 0.303 e. The third-order valence-corrected chi connectivity index (χ3v) is 1.99. The molecule has 0 aliphatic heterocycles. The van der Waals surface area contributed by atoms with Crippen molar-refractivity contribution in [2.24, 2.45) is 5.10 Å². The van der Waals surface area contributed by atoms with E-state index in [0.717, 1.165) is 12.8 Å². The van der Waals surface area contributed by atoms with E-state index < -0.39 is 0 Å². The fourth-order valence-electron chi connectivity index (χ4n) is 1.36. The number of nitrogens with zero attached hydrogens (tertiary/aromatic N) is 2. The van der Waals surface area contributed by atoms with Crippen molar-refractivity contribution in [3.8, 4) is 0 Å². The molecule has 0 atom stereocenters. The van der Waals surface area contributed by atoms with Crippen molar-refractivity contribution in [1.29, 1.82) is 0 Å². The zero-order chi connectivity index (χ0) is 10.4. The Balaban J connectivity index is 2.42. The molecule has 0 aromatic heterocycles. The molecule has 2 nitrogen and oxygen atoms in total. The molecule has 0 radical (unpaired) electrons. The maximum absolute atomic E-state index is 4.34. The fraction of sp³-hybridized carbons (Fsp3) is 0.417. The lowest BCUT2D eigenvalue weighted by Crippen LogP contribution is -2.07. The third kappa shape index (κ3) is 4.08. The van der Waals surface area contributed by atoms with Gasteiger partial charge < -0.3 is 5.01 Å². The van der Waals surface area contributed by atoms with Crippen LogP contribution in [0.5, 0.6) is 0 Å². The number of hydrogen-bond donors (Lipinski definition) is 0. The van der Waals surface area contributed by atoms with E-state index in [0.29, 0.717) is 0 Å². The van der Waals surface area contributed by atoms with Gasteiger partial charge in [-0.05, 0) is 25.3 Å². The topological polar surface area (TPSA) is 15.6 Å². The summed E-state index contributed by atoms with van der Waals surface area (Å²) in [6, 6.07) is 10.5. The Morgan fingerprint density at radius 3 is 2.43 bits per heavy atom. The fourth-order valence-corrected chi connectivity index (χ4v) is 1.36. The van der Waals surface area contributed by atoms with Gasteiger partial charge in [0.05, 0.1) is 0 Å². The lowest BCUT2D eigenvalue weighted by atomic mass is 10.1. The Morgan fingerprint density at radius 1 is 1.21 bits per heavy atom. The van der Waals surface area contributed by atoms with Crippen LogP contribution in [0.2, 0.25) is 0 Å². The van der Waals surface area contributed by atoms with E-state index in [1.54, 1.807) is 0 Å². The van der Waals surface area contributed by atoms with E-state index in [-0.39, 0.29) is 0 Å². The van der Waals surface area contributed by atoms with Crippen LogP contribution in [0.4, 0.5) is 0 Å². The molecule has 0 N–H and O–H groups in total. The maximum atomic E-state index is 4.34.